The molecule has 0 radical (unpaired) electrons. The molecule has 1 N–H and O–H groups in total. The Morgan fingerprint density at radius 3 is 2.32 bits per heavy atom. The van der Waals surface area contributed by atoms with Crippen molar-refractivity contribution in [1.82, 2.24) is 0 Å². The molecule has 6 nitrogen and oxygen atoms in total. The van der Waals surface area contributed by atoms with Gasteiger partial charge in [0.05, 0.1) is 22.9 Å². The van der Waals surface area contributed by atoms with E-state index in [1.807, 2.05) is 12.1 Å². The van der Waals surface area contributed by atoms with E-state index < -0.39 is 28.8 Å². The molecule has 0 aromatic heterocycles. The van der Waals surface area contributed by atoms with Crippen LogP contribution < -0.4 is 9.80 Å². The summed E-state index contributed by atoms with van der Waals surface area (Å²) in [7, 11) is 0. The summed E-state index contributed by atoms with van der Waals surface area (Å²) in [5.41, 5.74) is -1.04. The first kappa shape index (κ1) is 23.7. The van der Waals surface area contributed by atoms with Crippen molar-refractivity contribution >= 4 is 40.6 Å². The zero-order chi connectivity index (χ0) is 24.7. The van der Waals surface area contributed by atoms with E-state index >= 15 is 0 Å². The van der Waals surface area contributed by atoms with E-state index in [-0.39, 0.29) is 23.1 Å². The van der Waals surface area contributed by atoms with Crippen LogP contribution in [0.1, 0.15) is 48.8 Å². The summed E-state index contributed by atoms with van der Waals surface area (Å²) in [6.07, 6.45) is -1.79. The van der Waals surface area contributed by atoms with E-state index in [2.05, 4.69) is 0 Å². The molecule has 1 amide bonds. The minimum atomic E-state index is -4.75. The molecule has 1 spiro atoms. The van der Waals surface area contributed by atoms with Gasteiger partial charge in [-0.2, -0.15) is 18.4 Å². The van der Waals surface area contributed by atoms with Crippen LogP contribution in [0.3, 0.4) is 0 Å². The van der Waals surface area contributed by atoms with Gasteiger partial charge >= 0.3 is 12.1 Å². The standard InChI is InChI=1S/C24H20F3N3O3S/c25-24(26,27)19-13-18(10-7-16(19)14-28)29-21(33)23(11-2-12-23)30(22(29)34)17-8-5-15(6-9-17)3-1-4-20(31)32/h5-10,13H,1-4,11-12H2,(H,31,32). The predicted molar refractivity (Wildman–Crippen MR) is 122 cm³/mol. The van der Waals surface area contributed by atoms with Gasteiger partial charge in [0.25, 0.3) is 5.91 Å². The quantitative estimate of drug-likeness (QED) is 0.575. The average Bonchev–Trinajstić information content (AvgIpc) is 3.00. The third-order valence-corrected chi connectivity index (χ3v) is 6.70. The van der Waals surface area contributed by atoms with Gasteiger partial charge in [0.2, 0.25) is 0 Å². The summed E-state index contributed by atoms with van der Waals surface area (Å²) in [5.74, 6) is -1.24. The van der Waals surface area contributed by atoms with Crippen molar-refractivity contribution in [3.05, 3.63) is 59.2 Å². The number of nitriles is 1. The molecule has 1 aliphatic heterocycles. The first-order chi connectivity index (χ1) is 16.1. The number of alkyl halides is 3. The largest absolute Gasteiger partial charge is 0.481 e. The number of rotatable bonds is 6. The highest BCUT2D eigenvalue weighted by atomic mass is 32.1. The molecule has 1 aliphatic carbocycles. The van der Waals surface area contributed by atoms with Gasteiger partial charge in [-0.05, 0) is 80.2 Å². The van der Waals surface area contributed by atoms with Gasteiger partial charge in [-0.25, -0.2) is 0 Å². The number of nitrogens with zero attached hydrogens (tertiary/aromatic N) is 3. The summed E-state index contributed by atoms with van der Waals surface area (Å²) >= 11 is 5.60. The maximum absolute atomic E-state index is 13.5. The van der Waals surface area contributed by atoms with Gasteiger partial charge in [0, 0.05) is 12.1 Å². The van der Waals surface area contributed by atoms with Crippen molar-refractivity contribution in [2.45, 2.75) is 50.2 Å². The molecular formula is C24H20F3N3O3S. The van der Waals surface area contributed by atoms with Crippen LogP contribution in [0.2, 0.25) is 0 Å². The Bertz CT molecular complexity index is 1200. The fourth-order valence-electron chi connectivity index (χ4n) is 4.47. The minimum absolute atomic E-state index is 0.0274. The first-order valence-electron chi connectivity index (χ1n) is 10.7. The molecule has 0 unspecified atom stereocenters. The second kappa shape index (κ2) is 8.72. The maximum atomic E-state index is 13.5. The van der Waals surface area contributed by atoms with E-state index in [0.717, 1.165) is 29.0 Å². The van der Waals surface area contributed by atoms with Crippen molar-refractivity contribution in [3.63, 3.8) is 0 Å². The lowest BCUT2D eigenvalue weighted by molar-refractivity contribution is -0.138. The topological polar surface area (TPSA) is 84.6 Å². The van der Waals surface area contributed by atoms with Gasteiger partial charge in [-0.1, -0.05) is 12.1 Å². The average molecular weight is 488 g/mol. The van der Waals surface area contributed by atoms with Crippen molar-refractivity contribution < 1.29 is 27.9 Å². The second-order valence-corrected chi connectivity index (χ2v) is 8.76. The number of halogens is 3. The Balaban J connectivity index is 1.67. The molecule has 2 aliphatic rings. The predicted octanol–water partition coefficient (Wildman–Crippen LogP) is 5.05. The van der Waals surface area contributed by atoms with Crippen molar-refractivity contribution in [3.8, 4) is 6.07 Å². The van der Waals surface area contributed by atoms with E-state index in [4.69, 9.17) is 22.6 Å². The maximum Gasteiger partial charge on any atom is 0.417 e. The van der Waals surface area contributed by atoms with E-state index in [1.165, 1.54) is 6.07 Å². The zero-order valence-corrected chi connectivity index (χ0v) is 18.7. The normalized spacial score (nSPS) is 17.1. The summed E-state index contributed by atoms with van der Waals surface area (Å²) in [4.78, 5) is 27.0. The van der Waals surface area contributed by atoms with Crippen molar-refractivity contribution in [1.29, 1.82) is 5.26 Å². The number of thiocarbonyl (C=S) groups is 1. The number of benzene rings is 2. The number of amides is 1. The number of aryl methyl sites for hydroxylation is 1. The van der Waals surface area contributed by atoms with Crippen LogP contribution in [0.4, 0.5) is 24.5 Å². The van der Waals surface area contributed by atoms with E-state index in [1.54, 1.807) is 23.1 Å². The highest BCUT2D eigenvalue weighted by Gasteiger charge is 2.59. The molecule has 176 valence electrons. The highest BCUT2D eigenvalue weighted by molar-refractivity contribution is 7.81. The van der Waals surface area contributed by atoms with Crippen LogP contribution in [0.25, 0.3) is 0 Å². The molecule has 10 heteroatoms. The first-order valence-corrected chi connectivity index (χ1v) is 11.1. The Kier molecular flexibility index (Phi) is 6.08. The summed E-state index contributed by atoms with van der Waals surface area (Å²) < 4.78 is 40.5. The van der Waals surface area contributed by atoms with Crippen LogP contribution in [0.5, 0.6) is 0 Å². The molecule has 1 saturated carbocycles. The van der Waals surface area contributed by atoms with Crippen LogP contribution in [-0.4, -0.2) is 27.6 Å². The molecule has 1 heterocycles. The SMILES string of the molecule is N#Cc1ccc(N2C(=O)C3(CCC3)N(c3ccc(CCCC(=O)O)cc3)C2=S)cc1C(F)(F)F. The molecule has 1 saturated heterocycles. The van der Waals surface area contributed by atoms with E-state index in [9.17, 15) is 22.8 Å². The number of carboxylic acids is 1. The monoisotopic (exact) mass is 487 g/mol. The van der Waals surface area contributed by atoms with Gasteiger partial charge in [-0.3, -0.25) is 14.5 Å². The minimum Gasteiger partial charge on any atom is -0.481 e. The van der Waals surface area contributed by atoms with Crippen molar-refractivity contribution in [2.24, 2.45) is 0 Å². The molecule has 2 aromatic rings. The number of carboxylic acid groups (broad SMARTS) is 1. The van der Waals surface area contributed by atoms with Crippen molar-refractivity contribution in [2.75, 3.05) is 9.80 Å². The lowest BCUT2D eigenvalue weighted by atomic mass is 9.75. The molecule has 2 aromatic carbocycles. The molecule has 2 fully saturated rings. The number of aliphatic carboxylic acids is 1. The Morgan fingerprint density at radius 1 is 1.15 bits per heavy atom. The number of carbonyl (C=O) groups excluding carboxylic acids is 1. The van der Waals surface area contributed by atoms with Crippen LogP contribution in [0, 0.1) is 11.3 Å². The van der Waals surface area contributed by atoms with Crippen LogP contribution >= 0.6 is 12.2 Å². The number of hydrogen-bond donors (Lipinski definition) is 1. The molecule has 4 rings (SSSR count). The van der Waals surface area contributed by atoms with Gasteiger partial charge in [0.1, 0.15) is 5.54 Å². The number of anilines is 2. The highest BCUT2D eigenvalue weighted by Crippen LogP contribution is 2.48. The number of hydrogen-bond acceptors (Lipinski definition) is 4. The Labute approximate surface area is 199 Å². The van der Waals surface area contributed by atoms with Crippen LogP contribution in [0.15, 0.2) is 42.5 Å². The molecule has 0 bridgehead atoms. The molecular weight excluding hydrogens is 467 g/mol. The zero-order valence-electron chi connectivity index (χ0n) is 17.9. The van der Waals surface area contributed by atoms with Gasteiger partial charge < -0.3 is 10.0 Å². The Hall–Kier alpha value is -3.45. The third-order valence-electron chi connectivity index (χ3n) is 6.33. The fraction of sp³-hybridized carbons (Fsp3) is 0.333. The van der Waals surface area contributed by atoms with Gasteiger partial charge in [-0.15, -0.1) is 0 Å². The second-order valence-electron chi connectivity index (χ2n) is 8.40. The smallest absolute Gasteiger partial charge is 0.417 e. The third kappa shape index (κ3) is 4.01. The van der Waals surface area contributed by atoms with Gasteiger partial charge in [0.15, 0.2) is 5.11 Å². The fourth-order valence-corrected chi connectivity index (χ4v) is 4.94. The lowest BCUT2D eigenvalue weighted by Crippen LogP contribution is -2.55. The molecule has 34 heavy (non-hydrogen) atoms. The summed E-state index contributed by atoms with van der Waals surface area (Å²) in [6, 6.07) is 11.9. The molecule has 0 atom stereocenters. The summed E-state index contributed by atoms with van der Waals surface area (Å²) in [6.45, 7) is 0. The van der Waals surface area contributed by atoms with Crippen LogP contribution in [-0.2, 0) is 22.2 Å². The number of carbonyl (C=O) groups is 2. The lowest BCUT2D eigenvalue weighted by Gasteiger charge is -2.43. The Morgan fingerprint density at radius 2 is 1.79 bits per heavy atom. The van der Waals surface area contributed by atoms with E-state index in [0.29, 0.717) is 31.4 Å². The summed E-state index contributed by atoms with van der Waals surface area (Å²) in [5, 5.41) is 18.0.